The molecule has 1 amide bonds. The van der Waals surface area contributed by atoms with Crippen LogP contribution in [-0.4, -0.2) is 43.7 Å². The average Bonchev–Trinajstić information content (AvgIpc) is 3.24. The summed E-state index contributed by atoms with van der Waals surface area (Å²) in [5, 5.41) is 7.09. The van der Waals surface area contributed by atoms with Gasteiger partial charge in [-0.05, 0) is 31.0 Å². The number of aromatic nitrogens is 5. The van der Waals surface area contributed by atoms with Crippen LogP contribution in [0.2, 0.25) is 0 Å². The minimum Gasteiger partial charge on any atom is -0.356 e. The lowest BCUT2D eigenvalue weighted by atomic mass is 9.97. The van der Waals surface area contributed by atoms with Crippen LogP contribution in [0.4, 0.5) is 11.6 Å². The van der Waals surface area contributed by atoms with Crippen molar-refractivity contribution in [3.63, 3.8) is 0 Å². The van der Waals surface area contributed by atoms with Gasteiger partial charge in [-0.25, -0.2) is 19.6 Å². The fourth-order valence-corrected chi connectivity index (χ4v) is 3.10. The standard InChI is InChI=1S/C18H19N7O/c26-18(23-15-6-1-2-7-19-15)14-5-3-9-24(12-14)16-11-17(21-13-20-16)25-10-4-8-22-25/h1-2,4,6-8,10-11,13-14H,3,5,9,12H2,(H,19,23,26). The van der Waals surface area contributed by atoms with Crippen LogP contribution in [0, 0.1) is 5.92 Å². The Balaban J connectivity index is 1.47. The highest BCUT2D eigenvalue weighted by Crippen LogP contribution is 2.23. The van der Waals surface area contributed by atoms with Crippen LogP contribution in [0.15, 0.2) is 55.2 Å². The van der Waals surface area contributed by atoms with Gasteiger partial charge in [0, 0.05) is 37.7 Å². The molecule has 1 N–H and O–H groups in total. The third kappa shape index (κ3) is 3.53. The van der Waals surface area contributed by atoms with Gasteiger partial charge in [-0.3, -0.25) is 4.79 Å². The molecule has 0 aliphatic carbocycles. The first kappa shape index (κ1) is 16.2. The molecule has 3 aromatic rings. The van der Waals surface area contributed by atoms with E-state index in [1.165, 1.54) is 6.33 Å². The number of hydrogen-bond acceptors (Lipinski definition) is 6. The molecule has 4 heterocycles. The topological polar surface area (TPSA) is 88.8 Å². The highest BCUT2D eigenvalue weighted by molar-refractivity contribution is 5.92. The molecule has 0 aromatic carbocycles. The summed E-state index contributed by atoms with van der Waals surface area (Å²) < 4.78 is 1.69. The van der Waals surface area contributed by atoms with Crippen LogP contribution in [0.3, 0.4) is 0 Å². The van der Waals surface area contributed by atoms with Crippen molar-refractivity contribution in [1.82, 2.24) is 24.7 Å². The smallest absolute Gasteiger partial charge is 0.230 e. The Hall–Kier alpha value is -3.29. The van der Waals surface area contributed by atoms with Crippen molar-refractivity contribution < 1.29 is 4.79 Å². The molecule has 1 aliphatic rings. The van der Waals surface area contributed by atoms with Gasteiger partial charge >= 0.3 is 0 Å². The van der Waals surface area contributed by atoms with Gasteiger partial charge in [0.05, 0.1) is 5.92 Å². The van der Waals surface area contributed by atoms with Gasteiger partial charge in [0.1, 0.15) is 18.0 Å². The summed E-state index contributed by atoms with van der Waals surface area (Å²) in [6.45, 7) is 1.48. The van der Waals surface area contributed by atoms with E-state index in [2.05, 4.69) is 30.3 Å². The Morgan fingerprint density at radius 3 is 2.85 bits per heavy atom. The maximum atomic E-state index is 12.6. The second kappa shape index (κ2) is 7.30. The minimum atomic E-state index is -0.103. The number of carbonyl (C=O) groups is 1. The Morgan fingerprint density at radius 2 is 2.04 bits per heavy atom. The summed E-state index contributed by atoms with van der Waals surface area (Å²) in [5.41, 5.74) is 0. The number of rotatable bonds is 4. The molecule has 1 unspecified atom stereocenters. The molecule has 3 aromatic heterocycles. The molecular formula is C18H19N7O. The van der Waals surface area contributed by atoms with E-state index in [0.717, 1.165) is 25.2 Å². The van der Waals surface area contributed by atoms with E-state index in [4.69, 9.17) is 0 Å². The Morgan fingerprint density at radius 1 is 1.12 bits per heavy atom. The summed E-state index contributed by atoms with van der Waals surface area (Å²) in [5.74, 6) is 1.99. The van der Waals surface area contributed by atoms with Gasteiger partial charge < -0.3 is 10.2 Å². The van der Waals surface area contributed by atoms with Crippen LogP contribution in [0.5, 0.6) is 0 Å². The van der Waals surface area contributed by atoms with Gasteiger partial charge in [-0.2, -0.15) is 5.10 Å². The molecule has 1 aliphatic heterocycles. The summed E-state index contributed by atoms with van der Waals surface area (Å²) in [6.07, 6.45) is 8.53. The van der Waals surface area contributed by atoms with E-state index in [-0.39, 0.29) is 11.8 Å². The second-order valence-electron chi connectivity index (χ2n) is 6.17. The lowest BCUT2D eigenvalue weighted by molar-refractivity contribution is -0.120. The normalized spacial score (nSPS) is 17.1. The second-order valence-corrected chi connectivity index (χ2v) is 6.17. The van der Waals surface area contributed by atoms with Gasteiger partial charge in [-0.1, -0.05) is 6.07 Å². The zero-order valence-electron chi connectivity index (χ0n) is 14.2. The fourth-order valence-electron chi connectivity index (χ4n) is 3.10. The predicted molar refractivity (Wildman–Crippen MR) is 97.0 cm³/mol. The van der Waals surface area contributed by atoms with Crippen molar-refractivity contribution in [2.24, 2.45) is 5.92 Å². The third-order valence-electron chi connectivity index (χ3n) is 4.41. The molecule has 0 radical (unpaired) electrons. The lowest BCUT2D eigenvalue weighted by Crippen LogP contribution is -2.41. The van der Waals surface area contributed by atoms with Crippen molar-refractivity contribution in [2.45, 2.75) is 12.8 Å². The minimum absolute atomic E-state index is 0.00486. The molecule has 1 saturated heterocycles. The summed E-state index contributed by atoms with van der Waals surface area (Å²) in [7, 11) is 0. The number of hydrogen-bond donors (Lipinski definition) is 1. The molecule has 26 heavy (non-hydrogen) atoms. The SMILES string of the molecule is O=C(Nc1ccccn1)C1CCCN(c2cc(-n3cccn3)ncn2)C1. The number of carbonyl (C=O) groups excluding carboxylic acids is 1. The summed E-state index contributed by atoms with van der Waals surface area (Å²) >= 11 is 0. The van der Waals surface area contributed by atoms with E-state index in [1.54, 1.807) is 23.1 Å². The Labute approximate surface area is 150 Å². The van der Waals surface area contributed by atoms with E-state index < -0.39 is 0 Å². The highest BCUT2D eigenvalue weighted by atomic mass is 16.2. The third-order valence-corrected chi connectivity index (χ3v) is 4.41. The van der Waals surface area contributed by atoms with Crippen molar-refractivity contribution in [2.75, 3.05) is 23.3 Å². The van der Waals surface area contributed by atoms with Gasteiger partial charge in [0.2, 0.25) is 5.91 Å². The van der Waals surface area contributed by atoms with Crippen molar-refractivity contribution in [1.29, 1.82) is 0 Å². The average molecular weight is 349 g/mol. The van der Waals surface area contributed by atoms with Crippen LogP contribution in [0.25, 0.3) is 5.82 Å². The molecule has 0 bridgehead atoms. The molecule has 1 atom stereocenters. The number of piperidine rings is 1. The monoisotopic (exact) mass is 349 g/mol. The maximum Gasteiger partial charge on any atom is 0.230 e. The largest absolute Gasteiger partial charge is 0.356 e. The van der Waals surface area contributed by atoms with Crippen LogP contribution < -0.4 is 10.2 Å². The Kier molecular flexibility index (Phi) is 4.55. The molecule has 1 fully saturated rings. The molecule has 8 nitrogen and oxygen atoms in total. The van der Waals surface area contributed by atoms with Crippen molar-refractivity contribution in [3.8, 4) is 5.82 Å². The predicted octanol–water partition coefficient (Wildman–Crippen LogP) is 1.91. The van der Waals surface area contributed by atoms with E-state index in [1.807, 2.05) is 30.5 Å². The number of amides is 1. The van der Waals surface area contributed by atoms with Crippen molar-refractivity contribution >= 4 is 17.5 Å². The Bertz CT molecular complexity index is 866. The highest BCUT2D eigenvalue weighted by Gasteiger charge is 2.27. The molecule has 4 rings (SSSR count). The van der Waals surface area contributed by atoms with E-state index >= 15 is 0 Å². The molecule has 0 spiro atoms. The zero-order valence-corrected chi connectivity index (χ0v) is 14.2. The fraction of sp³-hybridized carbons (Fsp3) is 0.278. The van der Waals surface area contributed by atoms with Crippen LogP contribution in [0.1, 0.15) is 12.8 Å². The number of pyridine rings is 1. The first-order valence-electron chi connectivity index (χ1n) is 8.58. The van der Waals surface area contributed by atoms with Gasteiger partial charge in [-0.15, -0.1) is 0 Å². The van der Waals surface area contributed by atoms with Crippen LogP contribution >= 0.6 is 0 Å². The number of nitrogens with one attached hydrogen (secondary N) is 1. The summed E-state index contributed by atoms with van der Waals surface area (Å²) in [4.78, 5) is 27.5. The maximum absolute atomic E-state index is 12.6. The summed E-state index contributed by atoms with van der Waals surface area (Å²) in [6, 6.07) is 9.21. The van der Waals surface area contributed by atoms with Crippen molar-refractivity contribution in [3.05, 3.63) is 55.2 Å². The van der Waals surface area contributed by atoms with Gasteiger partial charge in [0.25, 0.3) is 0 Å². The number of nitrogens with zero attached hydrogens (tertiary/aromatic N) is 6. The van der Waals surface area contributed by atoms with E-state index in [0.29, 0.717) is 18.2 Å². The first-order chi connectivity index (χ1) is 12.8. The lowest BCUT2D eigenvalue weighted by Gasteiger charge is -2.32. The molecule has 0 saturated carbocycles. The van der Waals surface area contributed by atoms with E-state index in [9.17, 15) is 4.79 Å². The quantitative estimate of drug-likeness (QED) is 0.774. The molecular weight excluding hydrogens is 330 g/mol. The first-order valence-corrected chi connectivity index (χ1v) is 8.58. The molecule has 132 valence electrons. The molecule has 8 heteroatoms. The van der Waals surface area contributed by atoms with Crippen LogP contribution in [-0.2, 0) is 4.79 Å². The van der Waals surface area contributed by atoms with Gasteiger partial charge in [0.15, 0.2) is 5.82 Å². The number of anilines is 2. The zero-order chi connectivity index (χ0) is 17.8.